The normalized spacial score (nSPS) is 10.3. The van der Waals surface area contributed by atoms with E-state index < -0.39 is 0 Å². The summed E-state index contributed by atoms with van der Waals surface area (Å²) in [4.78, 5) is 26.2. The largest absolute Gasteiger partial charge is 0.332 e. The Morgan fingerprint density at radius 1 is 1.04 bits per heavy atom. The summed E-state index contributed by atoms with van der Waals surface area (Å²) in [7, 11) is 1.64. The number of anilines is 1. The van der Waals surface area contributed by atoms with Crippen molar-refractivity contribution in [2.24, 2.45) is 0 Å². The van der Waals surface area contributed by atoms with Gasteiger partial charge < -0.3 is 10.2 Å². The van der Waals surface area contributed by atoms with Crippen LogP contribution in [0.4, 0.5) is 5.69 Å². The maximum absolute atomic E-state index is 12.5. The van der Waals surface area contributed by atoms with Crippen molar-refractivity contribution >= 4 is 17.5 Å². The van der Waals surface area contributed by atoms with Crippen molar-refractivity contribution in [1.82, 2.24) is 4.90 Å². The van der Waals surface area contributed by atoms with E-state index in [9.17, 15) is 9.59 Å². The molecule has 0 saturated heterocycles. The van der Waals surface area contributed by atoms with E-state index in [2.05, 4.69) is 5.32 Å². The van der Waals surface area contributed by atoms with Crippen LogP contribution in [0.15, 0.2) is 42.5 Å². The molecule has 2 aromatic rings. The van der Waals surface area contributed by atoms with Crippen LogP contribution in [-0.4, -0.2) is 30.3 Å². The highest BCUT2D eigenvalue weighted by Crippen LogP contribution is 2.15. The number of para-hydroxylation sites is 1. The van der Waals surface area contributed by atoms with Crippen molar-refractivity contribution in [3.63, 3.8) is 0 Å². The summed E-state index contributed by atoms with van der Waals surface area (Å²) >= 11 is 0. The van der Waals surface area contributed by atoms with E-state index >= 15 is 0 Å². The van der Waals surface area contributed by atoms with Crippen molar-refractivity contribution in [3.05, 3.63) is 64.7 Å². The van der Waals surface area contributed by atoms with E-state index in [1.54, 1.807) is 7.05 Å². The summed E-state index contributed by atoms with van der Waals surface area (Å²) in [6, 6.07) is 13.4. The number of amides is 2. The Labute approximate surface area is 143 Å². The second kappa shape index (κ2) is 7.77. The van der Waals surface area contributed by atoms with Gasteiger partial charge in [-0.15, -0.1) is 0 Å². The maximum atomic E-state index is 12.5. The predicted molar refractivity (Wildman–Crippen MR) is 97.3 cm³/mol. The monoisotopic (exact) mass is 324 g/mol. The Morgan fingerprint density at radius 3 is 2.29 bits per heavy atom. The lowest BCUT2D eigenvalue weighted by Crippen LogP contribution is -2.35. The zero-order valence-electron chi connectivity index (χ0n) is 14.7. The van der Waals surface area contributed by atoms with Gasteiger partial charge in [-0.25, -0.2) is 0 Å². The molecule has 0 aliphatic rings. The van der Waals surface area contributed by atoms with E-state index in [1.165, 1.54) is 4.90 Å². The van der Waals surface area contributed by atoms with Gasteiger partial charge in [-0.3, -0.25) is 9.59 Å². The van der Waals surface area contributed by atoms with E-state index in [4.69, 9.17) is 0 Å². The summed E-state index contributed by atoms with van der Waals surface area (Å²) in [6.07, 6.45) is 0.841. The van der Waals surface area contributed by atoms with Crippen LogP contribution in [0.5, 0.6) is 0 Å². The smallest absolute Gasteiger partial charge is 0.254 e. The lowest BCUT2D eigenvalue weighted by Gasteiger charge is -2.18. The third-order valence-corrected chi connectivity index (χ3v) is 3.87. The van der Waals surface area contributed by atoms with Gasteiger partial charge in [-0.05, 0) is 44.0 Å². The van der Waals surface area contributed by atoms with E-state index in [-0.39, 0.29) is 18.4 Å². The molecule has 0 heterocycles. The summed E-state index contributed by atoms with van der Waals surface area (Å²) in [5.74, 6) is -0.350. The first-order valence-corrected chi connectivity index (χ1v) is 8.12. The minimum absolute atomic E-state index is 0.0177. The van der Waals surface area contributed by atoms with Crippen LogP contribution in [-0.2, 0) is 11.2 Å². The average Bonchev–Trinajstić information content (AvgIpc) is 2.53. The van der Waals surface area contributed by atoms with Crippen molar-refractivity contribution in [1.29, 1.82) is 0 Å². The molecule has 2 aromatic carbocycles. The van der Waals surface area contributed by atoms with E-state index in [0.717, 1.165) is 28.8 Å². The number of hydrogen-bond donors (Lipinski definition) is 1. The van der Waals surface area contributed by atoms with Gasteiger partial charge in [0.15, 0.2) is 0 Å². The molecule has 0 atom stereocenters. The van der Waals surface area contributed by atoms with Crippen LogP contribution in [0.25, 0.3) is 0 Å². The van der Waals surface area contributed by atoms with E-state index in [0.29, 0.717) is 5.56 Å². The molecule has 4 heteroatoms. The standard InChI is InChI=1S/C20H24N2O2/c1-5-16-8-6-7-9-18(16)21-19(23)13-22(4)20(24)17-11-14(2)10-15(3)12-17/h6-12H,5,13H2,1-4H3,(H,21,23). The number of hydrogen-bond acceptors (Lipinski definition) is 2. The van der Waals surface area contributed by atoms with Crippen LogP contribution in [0.2, 0.25) is 0 Å². The molecule has 0 bridgehead atoms. The SMILES string of the molecule is CCc1ccccc1NC(=O)CN(C)C(=O)c1cc(C)cc(C)c1. The van der Waals surface area contributed by atoms with Gasteiger partial charge in [0.25, 0.3) is 5.91 Å². The van der Waals surface area contributed by atoms with Crippen LogP contribution in [0.3, 0.4) is 0 Å². The Bertz CT molecular complexity index is 733. The van der Waals surface area contributed by atoms with Crippen LogP contribution >= 0.6 is 0 Å². The minimum Gasteiger partial charge on any atom is -0.332 e. The van der Waals surface area contributed by atoms with Gasteiger partial charge in [0.1, 0.15) is 0 Å². The second-order valence-corrected chi connectivity index (χ2v) is 6.10. The highest BCUT2D eigenvalue weighted by atomic mass is 16.2. The third kappa shape index (κ3) is 4.44. The van der Waals surface area contributed by atoms with Crippen molar-refractivity contribution in [2.45, 2.75) is 27.2 Å². The molecule has 4 nitrogen and oxygen atoms in total. The summed E-state index contributed by atoms with van der Waals surface area (Å²) < 4.78 is 0. The average molecular weight is 324 g/mol. The number of nitrogens with one attached hydrogen (secondary N) is 1. The molecule has 0 radical (unpaired) electrons. The van der Waals surface area contributed by atoms with Gasteiger partial charge in [0, 0.05) is 18.3 Å². The number of carbonyl (C=O) groups is 2. The second-order valence-electron chi connectivity index (χ2n) is 6.10. The first-order valence-electron chi connectivity index (χ1n) is 8.12. The molecule has 24 heavy (non-hydrogen) atoms. The van der Waals surface area contributed by atoms with Crippen LogP contribution < -0.4 is 5.32 Å². The molecule has 0 aliphatic heterocycles. The number of nitrogens with zero attached hydrogens (tertiary/aromatic N) is 1. The molecule has 0 unspecified atom stereocenters. The lowest BCUT2D eigenvalue weighted by atomic mass is 10.1. The number of likely N-dealkylation sites (N-methyl/N-ethyl adjacent to an activating group) is 1. The Balaban J connectivity index is 2.04. The molecule has 0 spiro atoms. The molecule has 2 amide bonds. The summed E-state index contributed by atoms with van der Waals surface area (Å²) in [5.41, 5.74) is 4.56. The Morgan fingerprint density at radius 2 is 1.67 bits per heavy atom. The fourth-order valence-electron chi connectivity index (χ4n) is 2.75. The van der Waals surface area contributed by atoms with Gasteiger partial charge in [0.05, 0.1) is 6.54 Å². The lowest BCUT2D eigenvalue weighted by molar-refractivity contribution is -0.116. The number of carbonyl (C=O) groups excluding carboxylic acids is 2. The topological polar surface area (TPSA) is 49.4 Å². The van der Waals surface area contributed by atoms with Crippen molar-refractivity contribution < 1.29 is 9.59 Å². The first-order chi connectivity index (χ1) is 11.4. The van der Waals surface area contributed by atoms with Crippen LogP contribution in [0, 0.1) is 13.8 Å². The molecule has 0 saturated carbocycles. The van der Waals surface area contributed by atoms with Gasteiger partial charge >= 0.3 is 0 Å². The molecule has 0 aromatic heterocycles. The molecule has 0 fully saturated rings. The van der Waals surface area contributed by atoms with Crippen molar-refractivity contribution in [2.75, 3.05) is 18.9 Å². The minimum atomic E-state index is -0.198. The first kappa shape index (κ1) is 17.7. The zero-order valence-corrected chi connectivity index (χ0v) is 14.7. The molecule has 2 rings (SSSR count). The van der Waals surface area contributed by atoms with E-state index in [1.807, 2.05) is 63.2 Å². The number of aryl methyl sites for hydroxylation is 3. The van der Waals surface area contributed by atoms with Crippen molar-refractivity contribution in [3.8, 4) is 0 Å². The Hall–Kier alpha value is -2.62. The highest BCUT2D eigenvalue weighted by molar-refractivity contribution is 5.99. The molecular formula is C20H24N2O2. The van der Waals surface area contributed by atoms with Crippen LogP contribution in [0.1, 0.15) is 34.0 Å². The molecule has 126 valence electrons. The summed E-state index contributed by atoms with van der Waals surface area (Å²) in [6.45, 7) is 5.97. The van der Waals surface area contributed by atoms with Gasteiger partial charge in [0.2, 0.25) is 5.91 Å². The predicted octanol–water partition coefficient (Wildman–Crippen LogP) is 3.58. The fourth-order valence-corrected chi connectivity index (χ4v) is 2.75. The molecular weight excluding hydrogens is 300 g/mol. The fraction of sp³-hybridized carbons (Fsp3) is 0.300. The molecule has 1 N–H and O–H groups in total. The summed E-state index contributed by atoms with van der Waals surface area (Å²) in [5, 5.41) is 2.89. The Kier molecular flexibility index (Phi) is 5.74. The highest BCUT2D eigenvalue weighted by Gasteiger charge is 2.16. The molecule has 0 aliphatic carbocycles. The number of rotatable bonds is 5. The van der Waals surface area contributed by atoms with Gasteiger partial charge in [-0.1, -0.05) is 42.3 Å². The number of benzene rings is 2. The quantitative estimate of drug-likeness (QED) is 0.914. The maximum Gasteiger partial charge on any atom is 0.254 e. The zero-order chi connectivity index (χ0) is 17.7. The third-order valence-electron chi connectivity index (χ3n) is 3.87. The van der Waals surface area contributed by atoms with Gasteiger partial charge in [-0.2, -0.15) is 0 Å².